The highest BCUT2D eigenvalue weighted by molar-refractivity contribution is 6.10. The lowest BCUT2D eigenvalue weighted by atomic mass is 9.93. The van der Waals surface area contributed by atoms with Crippen LogP contribution in [0.4, 0.5) is 0 Å². The van der Waals surface area contributed by atoms with Gasteiger partial charge in [-0.25, -0.2) is 0 Å². The molecular formula is C21H21N3O3. The number of carbonyl (C=O) groups is 2. The first kappa shape index (κ1) is 17.3. The van der Waals surface area contributed by atoms with Crippen LogP contribution in [0.2, 0.25) is 0 Å². The number of rotatable bonds is 5. The van der Waals surface area contributed by atoms with E-state index in [4.69, 9.17) is 4.42 Å². The second kappa shape index (κ2) is 7.23. The zero-order valence-corrected chi connectivity index (χ0v) is 15.1. The summed E-state index contributed by atoms with van der Waals surface area (Å²) >= 11 is 0. The van der Waals surface area contributed by atoms with Gasteiger partial charge in [0.05, 0.1) is 23.7 Å². The Morgan fingerprint density at radius 2 is 2.07 bits per heavy atom. The van der Waals surface area contributed by atoms with Crippen LogP contribution in [0.5, 0.6) is 0 Å². The van der Waals surface area contributed by atoms with Gasteiger partial charge in [-0.2, -0.15) is 5.10 Å². The van der Waals surface area contributed by atoms with E-state index in [9.17, 15) is 9.59 Å². The fourth-order valence-corrected chi connectivity index (χ4v) is 3.63. The van der Waals surface area contributed by atoms with E-state index < -0.39 is 0 Å². The number of amides is 1. The summed E-state index contributed by atoms with van der Waals surface area (Å²) in [7, 11) is 0. The van der Waals surface area contributed by atoms with Crippen LogP contribution in [0.25, 0.3) is 0 Å². The number of ketones is 1. The maximum atomic E-state index is 13.1. The van der Waals surface area contributed by atoms with E-state index >= 15 is 0 Å². The molecule has 1 aliphatic carbocycles. The van der Waals surface area contributed by atoms with E-state index in [2.05, 4.69) is 10.4 Å². The Morgan fingerprint density at radius 3 is 2.81 bits per heavy atom. The minimum absolute atomic E-state index is 0.0124. The molecule has 0 saturated carbocycles. The highest BCUT2D eigenvalue weighted by Crippen LogP contribution is 2.30. The lowest BCUT2D eigenvalue weighted by Crippen LogP contribution is -2.33. The molecule has 0 fully saturated rings. The summed E-state index contributed by atoms with van der Waals surface area (Å²) in [6, 6.07) is 11.3. The topological polar surface area (TPSA) is 77.1 Å². The van der Waals surface area contributed by atoms with Crippen molar-refractivity contribution in [2.75, 3.05) is 0 Å². The molecule has 1 amide bonds. The summed E-state index contributed by atoms with van der Waals surface area (Å²) in [5.41, 5.74) is 1.81. The first-order chi connectivity index (χ1) is 13.1. The van der Waals surface area contributed by atoms with Crippen molar-refractivity contribution in [2.24, 2.45) is 0 Å². The molecule has 1 aliphatic rings. The number of nitrogens with one attached hydrogen (secondary N) is 1. The molecule has 0 saturated heterocycles. The molecule has 0 spiro atoms. The smallest absolute Gasteiger partial charge is 0.256 e. The van der Waals surface area contributed by atoms with Crippen LogP contribution in [0.3, 0.4) is 0 Å². The summed E-state index contributed by atoms with van der Waals surface area (Å²) in [6.07, 6.45) is 5.49. The average Bonchev–Trinajstić information content (AvgIpc) is 3.29. The van der Waals surface area contributed by atoms with Gasteiger partial charge in [0.1, 0.15) is 11.5 Å². The fraction of sp³-hybridized carbons (Fsp3) is 0.286. The van der Waals surface area contributed by atoms with Gasteiger partial charge in [-0.05, 0) is 25.0 Å². The number of nitrogens with zero attached hydrogens (tertiary/aromatic N) is 2. The van der Waals surface area contributed by atoms with Crippen molar-refractivity contribution in [1.82, 2.24) is 15.1 Å². The number of fused-ring (bicyclic) bond motifs is 1. The Kier molecular flexibility index (Phi) is 4.62. The van der Waals surface area contributed by atoms with Crippen molar-refractivity contribution in [3.8, 4) is 0 Å². The number of hydrogen-bond acceptors (Lipinski definition) is 4. The van der Waals surface area contributed by atoms with Crippen LogP contribution in [0, 0.1) is 6.92 Å². The predicted molar refractivity (Wildman–Crippen MR) is 99.6 cm³/mol. The molecule has 27 heavy (non-hydrogen) atoms. The monoisotopic (exact) mass is 363 g/mol. The molecule has 0 aliphatic heterocycles. The van der Waals surface area contributed by atoms with Crippen molar-refractivity contribution >= 4 is 11.7 Å². The Hall–Kier alpha value is -3.15. The number of carbonyl (C=O) groups excluding carboxylic acids is 2. The Labute approximate surface area is 157 Å². The molecule has 6 nitrogen and oxygen atoms in total. The van der Waals surface area contributed by atoms with E-state index in [1.165, 1.54) is 0 Å². The lowest BCUT2D eigenvalue weighted by molar-refractivity contribution is 0.0912. The Bertz CT molecular complexity index is 958. The zero-order chi connectivity index (χ0) is 18.8. The average molecular weight is 363 g/mol. The predicted octanol–water partition coefficient (Wildman–Crippen LogP) is 3.47. The van der Waals surface area contributed by atoms with E-state index in [0.29, 0.717) is 42.0 Å². The second-order valence-electron chi connectivity index (χ2n) is 6.77. The highest BCUT2D eigenvalue weighted by Gasteiger charge is 2.31. The van der Waals surface area contributed by atoms with Gasteiger partial charge in [0.25, 0.3) is 5.91 Å². The fourth-order valence-electron chi connectivity index (χ4n) is 3.63. The summed E-state index contributed by atoms with van der Waals surface area (Å²) < 4.78 is 7.50. The normalized spacial score (nSPS) is 14.6. The molecule has 0 unspecified atom stereocenters. The van der Waals surface area contributed by atoms with Crippen LogP contribution in [-0.2, 0) is 13.0 Å². The number of aromatic nitrogens is 2. The van der Waals surface area contributed by atoms with Gasteiger partial charge in [0, 0.05) is 25.2 Å². The van der Waals surface area contributed by atoms with E-state index in [0.717, 1.165) is 12.0 Å². The molecule has 0 radical (unpaired) electrons. The van der Waals surface area contributed by atoms with Crippen LogP contribution < -0.4 is 5.32 Å². The molecule has 3 aromatic rings. The number of benzene rings is 1. The van der Waals surface area contributed by atoms with Gasteiger partial charge in [-0.3, -0.25) is 14.3 Å². The number of aryl methyl sites for hydroxylation is 2. The maximum absolute atomic E-state index is 13.1. The molecule has 6 heteroatoms. The third-order valence-electron chi connectivity index (χ3n) is 4.91. The van der Waals surface area contributed by atoms with Crippen molar-refractivity contribution < 1.29 is 14.0 Å². The lowest BCUT2D eigenvalue weighted by Gasteiger charge is -2.20. The van der Waals surface area contributed by atoms with E-state index in [1.54, 1.807) is 17.8 Å². The van der Waals surface area contributed by atoms with E-state index in [-0.39, 0.29) is 17.7 Å². The van der Waals surface area contributed by atoms with Crippen molar-refractivity contribution in [3.63, 3.8) is 0 Å². The first-order valence-corrected chi connectivity index (χ1v) is 9.12. The Balaban J connectivity index is 1.65. The van der Waals surface area contributed by atoms with Gasteiger partial charge in [-0.1, -0.05) is 30.3 Å². The minimum Gasteiger partial charge on any atom is -0.465 e. The number of Topliss-reactive ketones (excluding diaryl/α,β-unsaturated/α-hetero) is 1. The van der Waals surface area contributed by atoms with Crippen LogP contribution in [0.15, 0.2) is 53.2 Å². The molecule has 138 valence electrons. The van der Waals surface area contributed by atoms with Crippen LogP contribution in [0.1, 0.15) is 56.7 Å². The molecule has 1 aromatic carbocycles. The SMILES string of the molecule is Cc1oc2c(c1C(=O)N[C@@H](Cn1cccn1)c1ccccc1)C(=O)CCC2. The van der Waals surface area contributed by atoms with Crippen molar-refractivity contribution in [2.45, 2.75) is 38.8 Å². The minimum atomic E-state index is -0.284. The van der Waals surface area contributed by atoms with Crippen LogP contribution >= 0.6 is 0 Å². The van der Waals surface area contributed by atoms with Gasteiger partial charge in [0.2, 0.25) is 0 Å². The van der Waals surface area contributed by atoms with Crippen molar-refractivity contribution in [1.29, 1.82) is 0 Å². The molecule has 2 heterocycles. The second-order valence-corrected chi connectivity index (χ2v) is 6.77. The van der Waals surface area contributed by atoms with Gasteiger partial charge >= 0.3 is 0 Å². The molecular weight excluding hydrogens is 342 g/mol. The first-order valence-electron chi connectivity index (χ1n) is 9.12. The van der Waals surface area contributed by atoms with E-state index in [1.807, 2.05) is 42.6 Å². The third-order valence-corrected chi connectivity index (χ3v) is 4.91. The quantitative estimate of drug-likeness (QED) is 0.753. The molecule has 0 bridgehead atoms. The summed E-state index contributed by atoms with van der Waals surface area (Å²) in [5.74, 6) is 0.839. The number of hydrogen-bond donors (Lipinski definition) is 1. The summed E-state index contributed by atoms with van der Waals surface area (Å²) in [5, 5.41) is 7.32. The van der Waals surface area contributed by atoms with Gasteiger partial charge in [-0.15, -0.1) is 0 Å². The summed E-state index contributed by atoms with van der Waals surface area (Å²) in [6.45, 7) is 2.24. The largest absolute Gasteiger partial charge is 0.465 e. The van der Waals surface area contributed by atoms with Gasteiger partial charge in [0.15, 0.2) is 5.78 Å². The third kappa shape index (κ3) is 3.43. The number of furan rings is 1. The molecule has 4 rings (SSSR count). The van der Waals surface area contributed by atoms with Crippen LogP contribution in [-0.4, -0.2) is 21.5 Å². The summed E-state index contributed by atoms with van der Waals surface area (Å²) in [4.78, 5) is 25.5. The Morgan fingerprint density at radius 1 is 1.26 bits per heavy atom. The standard InChI is InChI=1S/C21H21N3O3/c1-14-19(20-17(25)9-5-10-18(20)27-14)21(26)23-16(13-24-12-6-11-22-24)15-7-3-2-4-8-15/h2-4,6-8,11-12,16H,5,9-10,13H2,1H3,(H,23,26)/t16-/m0/s1. The molecule has 2 aromatic heterocycles. The highest BCUT2D eigenvalue weighted by atomic mass is 16.3. The van der Waals surface area contributed by atoms with Crippen molar-refractivity contribution in [3.05, 3.63) is 77.0 Å². The molecule has 1 N–H and O–H groups in total. The zero-order valence-electron chi connectivity index (χ0n) is 15.1. The van der Waals surface area contributed by atoms with Gasteiger partial charge < -0.3 is 9.73 Å². The molecule has 1 atom stereocenters. The maximum Gasteiger partial charge on any atom is 0.256 e.